The lowest BCUT2D eigenvalue weighted by Gasteiger charge is -2.17. The van der Waals surface area contributed by atoms with E-state index in [4.69, 9.17) is 28.9 Å². The van der Waals surface area contributed by atoms with Gasteiger partial charge in [0.1, 0.15) is 0 Å². The van der Waals surface area contributed by atoms with Crippen LogP contribution in [-0.2, 0) is 0 Å². The Labute approximate surface area is 117 Å². The van der Waals surface area contributed by atoms with Gasteiger partial charge in [-0.15, -0.1) is 0 Å². The average Bonchev–Trinajstić information content (AvgIpc) is 2.63. The molecule has 3 nitrogen and oxygen atoms in total. The molecule has 1 aromatic carbocycles. The van der Waals surface area contributed by atoms with Crippen molar-refractivity contribution in [1.82, 2.24) is 4.90 Å². The molecule has 0 radical (unpaired) electrons. The number of benzene rings is 1. The third-order valence-corrected chi connectivity index (χ3v) is 4.36. The summed E-state index contributed by atoms with van der Waals surface area (Å²) in [5.74, 6) is 0.916. The summed E-state index contributed by atoms with van der Waals surface area (Å²) in [6.45, 7) is 5.79. The van der Waals surface area contributed by atoms with Crippen LogP contribution >= 0.6 is 23.2 Å². The van der Waals surface area contributed by atoms with Crippen molar-refractivity contribution in [1.29, 1.82) is 0 Å². The molecule has 1 aliphatic rings. The molecule has 1 fully saturated rings. The Kier molecular flexibility index (Phi) is 3.74. The summed E-state index contributed by atoms with van der Waals surface area (Å²) in [6.07, 6.45) is 0. The lowest BCUT2D eigenvalue weighted by atomic mass is 10.0. The second kappa shape index (κ2) is 4.98. The number of nitrogen functional groups attached to an aromatic ring is 1. The zero-order chi connectivity index (χ0) is 13.4. The largest absolute Gasteiger partial charge is 0.399 e. The van der Waals surface area contributed by atoms with E-state index < -0.39 is 0 Å². The van der Waals surface area contributed by atoms with Crippen LogP contribution in [0, 0.1) is 11.8 Å². The molecule has 1 saturated heterocycles. The number of rotatable bonds is 1. The van der Waals surface area contributed by atoms with Crippen LogP contribution in [0.2, 0.25) is 10.0 Å². The van der Waals surface area contributed by atoms with E-state index in [1.807, 2.05) is 4.90 Å². The fraction of sp³-hybridized carbons (Fsp3) is 0.462. The first-order chi connectivity index (χ1) is 8.40. The molecular weight excluding hydrogens is 271 g/mol. The van der Waals surface area contributed by atoms with Gasteiger partial charge in [0, 0.05) is 18.8 Å². The Bertz CT molecular complexity index is 480. The van der Waals surface area contributed by atoms with Gasteiger partial charge in [-0.2, -0.15) is 0 Å². The minimum atomic E-state index is -0.0922. The number of amides is 1. The number of hydrogen-bond donors (Lipinski definition) is 1. The van der Waals surface area contributed by atoms with Gasteiger partial charge in [-0.05, 0) is 24.0 Å². The summed E-state index contributed by atoms with van der Waals surface area (Å²) in [5.41, 5.74) is 6.55. The molecule has 5 heteroatoms. The lowest BCUT2D eigenvalue weighted by Crippen LogP contribution is -2.29. The number of carbonyl (C=O) groups excluding carboxylic acids is 1. The van der Waals surface area contributed by atoms with Crippen molar-refractivity contribution in [3.8, 4) is 0 Å². The number of hydrogen-bond acceptors (Lipinski definition) is 2. The highest BCUT2D eigenvalue weighted by Gasteiger charge is 2.31. The quantitative estimate of drug-likeness (QED) is 0.805. The van der Waals surface area contributed by atoms with Gasteiger partial charge in [0.15, 0.2) is 0 Å². The van der Waals surface area contributed by atoms with Crippen LogP contribution in [-0.4, -0.2) is 23.9 Å². The highest BCUT2D eigenvalue weighted by Crippen LogP contribution is 2.31. The zero-order valence-electron chi connectivity index (χ0n) is 10.4. The maximum atomic E-state index is 12.4. The molecule has 1 aromatic rings. The van der Waals surface area contributed by atoms with Gasteiger partial charge in [-0.1, -0.05) is 37.0 Å². The van der Waals surface area contributed by atoms with E-state index in [1.165, 1.54) is 0 Å². The summed E-state index contributed by atoms with van der Waals surface area (Å²) in [7, 11) is 0. The molecule has 2 rings (SSSR count). The summed E-state index contributed by atoms with van der Waals surface area (Å²) in [4.78, 5) is 14.2. The molecule has 1 amide bonds. The molecule has 1 aliphatic heterocycles. The molecule has 0 aromatic heterocycles. The molecule has 1 heterocycles. The standard InChI is InChI=1S/C13H16Cl2N2O/c1-7-5-17(6-8(7)2)13(18)10-3-9(16)4-11(14)12(10)15/h3-4,7-8H,5-6,16H2,1-2H3. The second-order valence-electron chi connectivity index (χ2n) is 5.03. The van der Waals surface area contributed by atoms with Crippen LogP contribution in [0.4, 0.5) is 5.69 Å². The first kappa shape index (κ1) is 13.5. The van der Waals surface area contributed by atoms with Gasteiger partial charge in [0.05, 0.1) is 15.6 Å². The molecule has 98 valence electrons. The normalized spacial score (nSPS) is 23.4. The van der Waals surface area contributed by atoms with Crippen molar-refractivity contribution in [2.24, 2.45) is 11.8 Å². The summed E-state index contributed by atoms with van der Waals surface area (Å²) < 4.78 is 0. The summed E-state index contributed by atoms with van der Waals surface area (Å²) in [6, 6.07) is 3.14. The Morgan fingerprint density at radius 3 is 2.39 bits per heavy atom. The third kappa shape index (κ3) is 2.43. The predicted octanol–water partition coefficient (Wildman–Crippen LogP) is 3.30. The van der Waals surface area contributed by atoms with E-state index in [0.29, 0.717) is 28.1 Å². The summed E-state index contributed by atoms with van der Waals surface area (Å²) in [5, 5.41) is 0.600. The predicted molar refractivity (Wildman–Crippen MR) is 75.1 cm³/mol. The minimum absolute atomic E-state index is 0.0922. The Morgan fingerprint density at radius 2 is 1.83 bits per heavy atom. The van der Waals surface area contributed by atoms with Gasteiger partial charge in [-0.25, -0.2) is 0 Å². The van der Waals surface area contributed by atoms with Crippen molar-refractivity contribution >= 4 is 34.8 Å². The van der Waals surface area contributed by atoms with Crippen molar-refractivity contribution in [2.45, 2.75) is 13.8 Å². The van der Waals surface area contributed by atoms with E-state index in [-0.39, 0.29) is 10.9 Å². The van der Waals surface area contributed by atoms with E-state index >= 15 is 0 Å². The monoisotopic (exact) mass is 286 g/mol. The fourth-order valence-electron chi connectivity index (χ4n) is 2.23. The SMILES string of the molecule is CC1CN(C(=O)c2cc(N)cc(Cl)c2Cl)CC1C. The smallest absolute Gasteiger partial charge is 0.255 e. The Hall–Kier alpha value is -0.930. The maximum absolute atomic E-state index is 12.4. The molecular formula is C13H16Cl2N2O. The van der Waals surface area contributed by atoms with Crippen LogP contribution in [0.5, 0.6) is 0 Å². The molecule has 0 bridgehead atoms. The van der Waals surface area contributed by atoms with Gasteiger partial charge in [-0.3, -0.25) is 4.79 Å². The number of anilines is 1. The highest BCUT2D eigenvalue weighted by molar-refractivity contribution is 6.44. The van der Waals surface area contributed by atoms with Crippen LogP contribution < -0.4 is 5.73 Å². The molecule has 2 atom stereocenters. The molecule has 0 spiro atoms. The maximum Gasteiger partial charge on any atom is 0.255 e. The molecule has 2 unspecified atom stereocenters. The molecule has 18 heavy (non-hydrogen) atoms. The molecule has 0 aliphatic carbocycles. The van der Waals surface area contributed by atoms with Crippen LogP contribution in [0.1, 0.15) is 24.2 Å². The number of halogens is 2. The first-order valence-corrected chi connectivity index (χ1v) is 6.69. The van der Waals surface area contributed by atoms with E-state index in [2.05, 4.69) is 13.8 Å². The van der Waals surface area contributed by atoms with Crippen molar-refractivity contribution < 1.29 is 4.79 Å². The number of likely N-dealkylation sites (tertiary alicyclic amines) is 1. The average molecular weight is 287 g/mol. The van der Waals surface area contributed by atoms with Gasteiger partial charge in [0.2, 0.25) is 0 Å². The highest BCUT2D eigenvalue weighted by atomic mass is 35.5. The topological polar surface area (TPSA) is 46.3 Å². The van der Waals surface area contributed by atoms with Crippen LogP contribution in [0.25, 0.3) is 0 Å². The third-order valence-electron chi connectivity index (χ3n) is 3.56. The van der Waals surface area contributed by atoms with Crippen molar-refractivity contribution in [3.05, 3.63) is 27.7 Å². The number of carbonyl (C=O) groups is 1. The lowest BCUT2D eigenvalue weighted by molar-refractivity contribution is 0.0785. The fourth-order valence-corrected chi connectivity index (χ4v) is 2.65. The van der Waals surface area contributed by atoms with Crippen LogP contribution in [0.3, 0.4) is 0 Å². The molecule has 2 N–H and O–H groups in total. The summed E-state index contributed by atoms with van der Waals surface area (Å²) >= 11 is 12.0. The Balaban J connectivity index is 2.30. The van der Waals surface area contributed by atoms with Crippen molar-refractivity contribution in [3.63, 3.8) is 0 Å². The van der Waals surface area contributed by atoms with Gasteiger partial charge < -0.3 is 10.6 Å². The van der Waals surface area contributed by atoms with E-state index in [0.717, 1.165) is 13.1 Å². The second-order valence-corrected chi connectivity index (χ2v) is 5.81. The number of nitrogens with two attached hydrogens (primary N) is 1. The minimum Gasteiger partial charge on any atom is -0.399 e. The van der Waals surface area contributed by atoms with Crippen LogP contribution in [0.15, 0.2) is 12.1 Å². The Morgan fingerprint density at radius 1 is 1.28 bits per heavy atom. The zero-order valence-corrected chi connectivity index (χ0v) is 11.9. The van der Waals surface area contributed by atoms with E-state index in [1.54, 1.807) is 12.1 Å². The van der Waals surface area contributed by atoms with Gasteiger partial charge >= 0.3 is 0 Å². The molecule has 0 saturated carbocycles. The van der Waals surface area contributed by atoms with Gasteiger partial charge in [0.25, 0.3) is 5.91 Å². The van der Waals surface area contributed by atoms with Crippen molar-refractivity contribution in [2.75, 3.05) is 18.8 Å². The number of nitrogens with zero attached hydrogens (tertiary/aromatic N) is 1. The first-order valence-electron chi connectivity index (χ1n) is 5.94. The van der Waals surface area contributed by atoms with E-state index in [9.17, 15) is 4.79 Å².